The molecule has 0 amide bonds. The number of rotatable bonds is 7. The van der Waals surface area contributed by atoms with Gasteiger partial charge in [-0.2, -0.15) is 0 Å². The van der Waals surface area contributed by atoms with Gasteiger partial charge in [0.15, 0.2) is 5.82 Å². The monoisotopic (exact) mass is 842 g/mol. The second-order valence-electron chi connectivity index (χ2n) is 16.9. The quantitative estimate of drug-likeness (QED) is 0.160. The number of fused-ring (bicyclic) bond motifs is 7. The van der Waals surface area contributed by atoms with Crippen molar-refractivity contribution in [3.8, 4) is 67.5 Å². The number of hydrogen-bond donors (Lipinski definition) is 0. The highest BCUT2D eigenvalue weighted by Crippen LogP contribution is 2.56. The maximum atomic E-state index is 6.19. The zero-order valence-electron chi connectivity index (χ0n) is 35.6. The smallest absolute Gasteiger partial charge is 0.160 e. The van der Waals surface area contributed by atoms with Crippen molar-refractivity contribution in [2.45, 2.75) is 5.41 Å². The standard InChI is InChI=1S/C61H38N4O/c1-4-16-41(17-5-1)60-64-54(38-55(65-60)42-32-34-47-46-22-10-12-24-50(46)61(51(47)37-42,44-18-6-2-7-19-44)45-20-8-3-9-21-45)39-28-30-40(31-29-39)58-59(63-53-26-14-13-25-52(53)62-58)43-33-35-57-49(36-43)48-23-11-15-27-56(48)66-57/h1-38H. The van der Waals surface area contributed by atoms with Gasteiger partial charge < -0.3 is 4.42 Å². The molecule has 3 heterocycles. The Morgan fingerprint density at radius 1 is 0.318 bits per heavy atom. The summed E-state index contributed by atoms with van der Waals surface area (Å²) in [7, 11) is 0. The van der Waals surface area contributed by atoms with Crippen molar-refractivity contribution in [3.05, 3.63) is 253 Å². The fourth-order valence-corrected chi connectivity index (χ4v) is 10.1. The van der Waals surface area contributed by atoms with Crippen LogP contribution in [0.5, 0.6) is 0 Å². The van der Waals surface area contributed by atoms with Crippen LogP contribution in [0.3, 0.4) is 0 Å². The molecule has 0 radical (unpaired) electrons. The molecule has 0 unspecified atom stereocenters. The van der Waals surface area contributed by atoms with Gasteiger partial charge in [0.1, 0.15) is 11.2 Å². The van der Waals surface area contributed by atoms with Crippen LogP contribution in [0.4, 0.5) is 0 Å². The summed E-state index contributed by atoms with van der Waals surface area (Å²) in [5, 5.41) is 2.12. The Balaban J connectivity index is 0.956. The summed E-state index contributed by atoms with van der Waals surface area (Å²) in [5.74, 6) is 0.665. The molecular formula is C61H38N4O. The van der Waals surface area contributed by atoms with Gasteiger partial charge in [0, 0.05) is 38.6 Å². The van der Waals surface area contributed by atoms with Crippen LogP contribution in [0.1, 0.15) is 22.3 Å². The van der Waals surface area contributed by atoms with Crippen LogP contribution < -0.4 is 0 Å². The third kappa shape index (κ3) is 6.01. The van der Waals surface area contributed by atoms with E-state index in [1.165, 1.54) is 33.4 Å². The zero-order chi connectivity index (χ0) is 43.6. The summed E-state index contributed by atoms with van der Waals surface area (Å²) in [4.78, 5) is 21.0. The van der Waals surface area contributed by atoms with Crippen molar-refractivity contribution in [3.63, 3.8) is 0 Å². The largest absolute Gasteiger partial charge is 0.456 e. The predicted molar refractivity (Wildman–Crippen MR) is 267 cm³/mol. The van der Waals surface area contributed by atoms with E-state index in [1.54, 1.807) is 0 Å². The van der Waals surface area contributed by atoms with E-state index in [0.29, 0.717) is 5.82 Å². The molecule has 9 aromatic carbocycles. The summed E-state index contributed by atoms with van der Waals surface area (Å²) >= 11 is 0. The summed E-state index contributed by atoms with van der Waals surface area (Å²) in [6, 6.07) is 81.0. The first-order valence-corrected chi connectivity index (χ1v) is 22.3. The molecule has 0 saturated heterocycles. The second kappa shape index (κ2) is 15.2. The predicted octanol–water partition coefficient (Wildman–Crippen LogP) is 15.0. The first kappa shape index (κ1) is 37.7. The van der Waals surface area contributed by atoms with E-state index in [4.69, 9.17) is 24.4 Å². The summed E-state index contributed by atoms with van der Waals surface area (Å²) in [6.07, 6.45) is 0. The van der Waals surface area contributed by atoms with Crippen molar-refractivity contribution >= 4 is 33.0 Å². The van der Waals surface area contributed by atoms with Gasteiger partial charge in [-0.3, -0.25) is 0 Å². The maximum Gasteiger partial charge on any atom is 0.160 e. The third-order valence-corrected chi connectivity index (χ3v) is 13.2. The number of hydrogen-bond acceptors (Lipinski definition) is 5. The van der Waals surface area contributed by atoms with Crippen LogP contribution in [0.25, 0.3) is 101 Å². The van der Waals surface area contributed by atoms with Gasteiger partial charge >= 0.3 is 0 Å². The average Bonchev–Trinajstić information content (AvgIpc) is 3.92. The van der Waals surface area contributed by atoms with Crippen LogP contribution >= 0.6 is 0 Å². The highest BCUT2D eigenvalue weighted by molar-refractivity contribution is 6.06. The molecule has 12 aromatic rings. The molecular weight excluding hydrogens is 805 g/mol. The molecule has 308 valence electrons. The van der Waals surface area contributed by atoms with Crippen molar-refractivity contribution in [1.82, 2.24) is 19.9 Å². The zero-order valence-corrected chi connectivity index (χ0v) is 35.6. The molecule has 0 saturated carbocycles. The maximum absolute atomic E-state index is 6.19. The van der Waals surface area contributed by atoms with E-state index in [-0.39, 0.29) is 0 Å². The molecule has 1 aliphatic rings. The lowest BCUT2D eigenvalue weighted by molar-refractivity contribution is 0.669. The van der Waals surface area contributed by atoms with Crippen molar-refractivity contribution in [2.24, 2.45) is 0 Å². The molecule has 3 aromatic heterocycles. The van der Waals surface area contributed by atoms with Gasteiger partial charge in [-0.25, -0.2) is 19.9 Å². The molecule has 0 atom stereocenters. The van der Waals surface area contributed by atoms with Crippen LogP contribution in [-0.4, -0.2) is 19.9 Å². The van der Waals surface area contributed by atoms with E-state index >= 15 is 0 Å². The third-order valence-electron chi connectivity index (χ3n) is 13.2. The van der Waals surface area contributed by atoms with Gasteiger partial charge in [0.05, 0.1) is 39.2 Å². The van der Waals surface area contributed by atoms with Crippen molar-refractivity contribution < 1.29 is 4.42 Å². The highest BCUT2D eigenvalue weighted by atomic mass is 16.3. The fourth-order valence-electron chi connectivity index (χ4n) is 10.1. The van der Waals surface area contributed by atoms with Gasteiger partial charge in [-0.15, -0.1) is 0 Å². The lowest BCUT2D eigenvalue weighted by atomic mass is 9.67. The molecule has 0 bridgehead atoms. The van der Waals surface area contributed by atoms with Gasteiger partial charge in [0.25, 0.3) is 0 Å². The Hall–Kier alpha value is -8.80. The lowest BCUT2D eigenvalue weighted by Crippen LogP contribution is -2.28. The summed E-state index contributed by atoms with van der Waals surface area (Å²) < 4.78 is 6.19. The fraction of sp³-hybridized carbons (Fsp3) is 0.0164. The summed E-state index contributed by atoms with van der Waals surface area (Å²) in [6.45, 7) is 0. The van der Waals surface area contributed by atoms with E-state index in [0.717, 1.165) is 83.6 Å². The second-order valence-corrected chi connectivity index (χ2v) is 16.9. The van der Waals surface area contributed by atoms with E-state index in [2.05, 4.69) is 164 Å². The first-order chi connectivity index (χ1) is 32.7. The van der Waals surface area contributed by atoms with Gasteiger partial charge in [0.2, 0.25) is 0 Å². The van der Waals surface area contributed by atoms with Crippen LogP contribution in [0.2, 0.25) is 0 Å². The minimum atomic E-state index is -0.527. The van der Waals surface area contributed by atoms with Crippen molar-refractivity contribution in [2.75, 3.05) is 0 Å². The number of furan rings is 1. The molecule has 5 nitrogen and oxygen atoms in total. The van der Waals surface area contributed by atoms with Gasteiger partial charge in [-0.1, -0.05) is 182 Å². The van der Waals surface area contributed by atoms with E-state index in [9.17, 15) is 0 Å². The van der Waals surface area contributed by atoms with Crippen LogP contribution in [0, 0.1) is 0 Å². The van der Waals surface area contributed by atoms with E-state index in [1.807, 2.05) is 66.7 Å². The molecule has 0 fully saturated rings. The molecule has 0 aliphatic heterocycles. The average molecular weight is 843 g/mol. The molecule has 13 rings (SSSR count). The van der Waals surface area contributed by atoms with Crippen LogP contribution in [-0.2, 0) is 5.41 Å². The molecule has 0 N–H and O–H groups in total. The lowest BCUT2D eigenvalue weighted by Gasteiger charge is -2.34. The topological polar surface area (TPSA) is 64.7 Å². The minimum absolute atomic E-state index is 0.527. The molecule has 1 aliphatic carbocycles. The number of para-hydroxylation sites is 3. The molecule has 5 heteroatoms. The first-order valence-electron chi connectivity index (χ1n) is 22.3. The normalized spacial score (nSPS) is 12.7. The Morgan fingerprint density at radius 2 is 0.848 bits per heavy atom. The Kier molecular flexibility index (Phi) is 8.68. The Bertz CT molecular complexity index is 3770. The Labute approximate surface area is 381 Å². The number of nitrogens with zero attached hydrogens (tertiary/aromatic N) is 4. The minimum Gasteiger partial charge on any atom is -0.456 e. The molecule has 66 heavy (non-hydrogen) atoms. The van der Waals surface area contributed by atoms with E-state index < -0.39 is 5.41 Å². The van der Waals surface area contributed by atoms with Crippen LogP contribution in [0.15, 0.2) is 235 Å². The molecule has 0 spiro atoms. The Morgan fingerprint density at radius 3 is 1.58 bits per heavy atom. The highest BCUT2D eigenvalue weighted by Gasteiger charge is 2.46. The SMILES string of the molecule is c1ccc(-c2nc(-c3ccc(-c4nc5ccccc5nc4-c4ccc5oc6ccccc6c5c4)cc3)cc(-c3ccc4c(c3)C(c3ccccc3)(c3ccccc3)c3ccccc3-4)n2)cc1. The van der Waals surface area contributed by atoms with Gasteiger partial charge in [-0.05, 0) is 81.9 Å². The van der Waals surface area contributed by atoms with Crippen molar-refractivity contribution in [1.29, 1.82) is 0 Å². The number of benzene rings is 9. The summed E-state index contributed by atoms with van der Waals surface area (Å²) in [5.41, 5.74) is 18.5. The number of aromatic nitrogens is 4.